The highest BCUT2D eigenvalue weighted by Crippen LogP contribution is 2.70. The van der Waals surface area contributed by atoms with Crippen LogP contribution in [0.25, 0.3) is 0 Å². The molecule has 1 unspecified atom stereocenters. The Labute approximate surface area is 136 Å². The highest BCUT2D eigenvalue weighted by Gasteiger charge is 2.71. The summed E-state index contributed by atoms with van der Waals surface area (Å²) in [6.07, 6.45) is 5.27. The Hall–Kier alpha value is -0.540. The van der Waals surface area contributed by atoms with Crippen molar-refractivity contribution in [2.75, 3.05) is 20.2 Å². The molecule has 0 radical (unpaired) electrons. The van der Waals surface area contributed by atoms with Gasteiger partial charge in [0.1, 0.15) is 0 Å². The van der Waals surface area contributed by atoms with Gasteiger partial charge in [0.15, 0.2) is 0 Å². The Morgan fingerprint density at radius 3 is 2.90 bits per heavy atom. The molecule has 21 heavy (non-hydrogen) atoms. The van der Waals surface area contributed by atoms with Crippen LogP contribution in [0, 0.1) is 5.41 Å². The summed E-state index contributed by atoms with van der Waals surface area (Å²) in [5.41, 5.74) is 1.60. The lowest BCUT2D eigenvalue weighted by atomic mass is 9.77. The molecule has 3 atom stereocenters. The Kier molecular flexibility index (Phi) is 4.08. The summed E-state index contributed by atoms with van der Waals surface area (Å²) < 4.78 is 5.81. The summed E-state index contributed by atoms with van der Waals surface area (Å²) in [4.78, 5) is 0. The first-order valence-corrected chi connectivity index (χ1v) is 8.15. The van der Waals surface area contributed by atoms with Crippen molar-refractivity contribution in [1.82, 2.24) is 5.32 Å². The number of hydrogen-bond donors (Lipinski definition) is 1. The van der Waals surface area contributed by atoms with Crippen molar-refractivity contribution >= 4 is 23.2 Å². The predicted molar refractivity (Wildman–Crippen MR) is 88.3 cm³/mol. The Morgan fingerprint density at radius 1 is 1.43 bits per heavy atom. The number of fused-ring (bicyclic) bond motifs is 1. The van der Waals surface area contributed by atoms with Gasteiger partial charge in [0, 0.05) is 24.5 Å². The molecule has 0 aromatic heterocycles. The van der Waals surface area contributed by atoms with Gasteiger partial charge in [0.25, 0.3) is 0 Å². The van der Waals surface area contributed by atoms with E-state index >= 15 is 0 Å². The largest absolute Gasteiger partial charge is 0.380 e. The second-order valence-electron chi connectivity index (χ2n) is 6.22. The third kappa shape index (κ3) is 2.24. The highest BCUT2D eigenvalue weighted by molar-refractivity contribution is 6.42. The van der Waals surface area contributed by atoms with Crippen LogP contribution in [0.3, 0.4) is 0 Å². The number of methoxy groups -OCH3 is 1. The third-order valence-corrected chi connectivity index (χ3v) is 6.11. The zero-order chi connectivity index (χ0) is 15.1. The second-order valence-corrected chi connectivity index (χ2v) is 7.03. The van der Waals surface area contributed by atoms with E-state index in [9.17, 15) is 0 Å². The Bertz CT molecular complexity index is 562. The zero-order valence-corrected chi connectivity index (χ0v) is 13.8. The maximum atomic E-state index is 6.24. The number of piperidine rings is 1. The molecule has 0 bridgehead atoms. The van der Waals surface area contributed by atoms with E-state index in [4.69, 9.17) is 27.9 Å². The van der Waals surface area contributed by atoms with Crippen LogP contribution in [0.2, 0.25) is 10.0 Å². The van der Waals surface area contributed by atoms with Crippen molar-refractivity contribution in [1.29, 1.82) is 0 Å². The average molecular weight is 326 g/mol. The normalized spacial score (nSPS) is 32.3. The van der Waals surface area contributed by atoms with Gasteiger partial charge in [-0.15, -0.1) is 6.58 Å². The summed E-state index contributed by atoms with van der Waals surface area (Å²) in [6.45, 7) is 5.90. The van der Waals surface area contributed by atoms with E-state index in [0.29, 0.717) is 10.0 Å². The molecule has 0 spiro atoms. The Balaban J connectivity index is 1.99. The average Bonchev–Trinajstić information content (AvgIpc) is 3.19. The van der Waals surface area contributed by atoms with Gasteiger partial charge in [-0.05, 0) is 43.5 Å². The highest BCUT2D eigenvalue weighted by atomic mass is 35.5. The first-order valence-electron chi connectivity index (χ1n) is 7.39. The van der Waals surface area contributed by atoms with Crippen molar-refractivity contribution in [3.8, 4) is 0 Å². The van der Waals surface area contributed by atoms with Gasteiger partial charge in [-0.2, -0.15) is 0 Å². The van der Waals surface area contributed by atoms with Crippen molar-refractivity contribution in [3.63, 3.8) is 0 Å². The fourth-order valence-electron chi connectivity index (χ4n) is 4.24. The molecule has 1 aliphatic carbocycles. The molecule has 2 fully saturated rings. The first-order chi connectivity index (χ1) is 10.1. The number of hydrogen-bond acceptors (Lipinski definition) is 2. The van der Waals surface area contributed by atoms with Gasteiger partial charge in [-0.25, -0.2) is 0 Å². The van der Waals surface area contributed by atoms with E-state index in [-0.39, 0.29) is 16.9 Å². The number of rotatable bonds is 5. The van der Waals surface area contributed by atoms with E-state index in [1.165, 1.54) is 5.56 Å². The molecule has 4 heteroatoms. The molecule has 1 aromatic rings. The van der Waals surface area contributed by atoms with Crippen molar-refractivity contribution < 1.29 is 4.74 Å². The van der Waals surface area contributed by atoms with Crippen LogP contribution >= 0.6 is 23.2 Å². The summed E-state index contributed by atoms with van der Waals surface area (Å²) in [6, 6.07) is 6.08. The minimum atomic E-state index is 0.144. The Morgan fingerprint density at radius 2 is 2.24 bits per heavy atom. The molecule has 1 heterocycles. The van der Waals surface area contributed by atoms with Gasteiger partial charge in [0.05, 0.1) is 16.1 Å². The smallest absolute Gasteiger partial charge is 0.0682 e. The maximum Gasteiger partial charge on any atom is 0.0682 e. The number of halogens is 2. The van der Waals surface area contributed by atoms with Gasteiger partial charge in [-0.1, -0.05) is 35.3 Å². The molecule has 2 aliphatic rings. The molecular formula is C17H21Cl2NO. The summed E-state index contributed by atoms with van der Waals surface area (Å²) in [7, 11) is 1.80. The van der Waals surface area contributed by atoms with E-state index in [2.05, 4.69) is 18.0 Å². The first kappa shape index (κ1) is 15.4. The van der Waals surface area contributed by atoms with Crippen LogP contribution in [0.4, 0.5) is 0 Å². The molecule has 1 aromatic carbocycles. The molecule has 3 rings (SSSR count). The standard InChI is InChI=1S/C17H21Cl2NO/c1-3-4-15(21-2)17-10-16(17,7-8-20-11-17)12-5-6-13(18)14(19)9-12/h3,5-6,9,15,20H,1,4,7-8,10-11H2,2H3/t15?,16-,17-/m1/s1. The number of benzene rings is 1. The monoisotopic (exact) mass is 325 g/mol. The minimum Gasteiger partial charge on any atom is -0.380 e. The molecular weight excluding hydrogens is 305 g/mol. The van der Waals surface area contributed by atoms with Gasteiger partial charge >= 0.3 is 0 Å². The van der Waals surface area contributed by atoms with Gasteiger partial charge in [0.2, 0.25) is 0 Å². The van der Waals surface area contributed by atoms with Crippen molar-refractivity contribution in [2.45, 2.75) is 30.8 Å². The molecule has 114 valence electrons. The maximum absolute atomic E-state index is 6.24. The summed E-state index contributed by atoms with van der Waals surface area (Å²) in [5, 5.41) is 4.79. The fourth-order valence-corrected chi connectivity index (χ4v) is 4.54. The van der Waals surface area contributed by atoms with Gasteiger partial charge in [-0.3, -0.25) is 0 Å². The second kappa shape index (κ2) is 5.58. The SMILES string of the molecule is C=CCC(OC)[C@@]12CNCC[C@]1(c1ccc(Cl)c(Cl)c1)C2. The van der Waals surface area contributed by atoms with Crippen LogP contribution in [0.15, 0.2) is 30.9 Å². The molecule has 1 saturated carbocycles. The van der Waals surface area contributed by atoms with E-state index in [1.807, 2.05) is 18.2 Å². The lowest BCUT2D eigenvalue weighted by Gasteiger charge is -2.36. The van der Waals surface area contributed by atoms with E-state index in [0.717, 1.165) is 32.4 Å². The molecule has 0 amide bonds. The van der Waals surface area contributed by atoms with Gasteiger partial charge < -0.3 is 10.1 Å². The van der Waals surface area contributed by atoms with Crippen LogP contribution < -0.4 is 5.32 Å². The van der Waals surface area contributed by atoms with Crippen LogP contribution in [0.1, 0.15) is 24.8 Å². The lowest BCUT2D eigenvalue weighted by Crippen LogP contribution is -2.45. The van der Waals surface area contributed by atoms with Crippen LogP contribution in [-0.4, -0.2) is 26.3 Å². The summed E-state index contributed by atoms with van der Waals surface area (Å²) >= 11 is 12.3. The van der Waals surface area contributed by atoms with Crippen LogP contribution in [-0.2, 0) is 10.2 Å². The fraction of sp³-hybridized carbons (Fsp3) is 0.529. The third-order valence-electron chi connectivity index (χ3n) is 5.37. The minimum absolute atomic E-state index is 0.144. The van der Waals surface area contributed by atoms with Crippen molar-refractivity contribution in [3.05, 3.63) is 46.5 Å². The van der Waals surface area contributed by atoms with E-state index in [1.54, 1.807) is 7.11 Å². The number of nitrogens with one attached hydrogen (secondary N) is 1. The van der Waals surface area contributed by atoms with Crippen LogP contribution in [0.5, 0.6) is 0 Å². The molecule has 2 nitrogen and oxygen atoms in total. The topological polar surface area (TPSA) is 21.3 Å². The molecule has 1 N–H and O–H groups in total. The van der Waals surface area contributed by atoms with Crippen molar-refractivity contribution in [2.24, 2.45) is 5.41 Å². The molecule has 1 aliphatic heterocycles. The quantitative estimate of drug-likeness (QED) is 0.819. The zero-order valence-electron chi connectivity index (χ0n) is 12.3. The number of ether oxygens (including phenoxy) is 1. The lowest BCUT2D eigenvalue weighted by molar-refractivity contribution is 0.0237. The predicted octanol–water partition coefficient (Wildman–Crippen LogP) is 4.21. The molecule has 1 saturated heterocycles. The van der Waals surface area contributed by atoms with E-state index < -0.39 is 0 Å². The summed E-state index contributed by atoms with van der Waals surface area (Å²) in [5.74, 6) is 0.